The van der Waals surface area contributed by atoms with Crippen molar-refractivity contribution in [2.75, 3.05) is 31.2 Å². The van der Waals surface area contributed by atoms with Crippen molar-refractivity contribution in [3.8, 4) is 11.5 Å². The number of morpholine rings is 1. The average molecular weight is 431 g/mol. The van der Waals surface area contributed by atoms with Gasteiger partial charge in [-0.15, -0.1) is 10.2 Å². The maximum atomic E-state index is 12.7. The van der Waals surface area contributed by atoms with Gasteiger partial charge in [-0.3, -0.25) is 4.98 Å². The summed E-state index contributed by atoms with van der Waals surface area (Å²) in [4.78, 5) is 8.58. The van der Waals surface area contributed by atoms with Crippen molar-refractivity contribution in [2.45, 2.75) is 13.0 Å². The van der Waals surface area contributed by atoms with Gasteiger partial charge in [0.1, 0.15) is 0 Å². The van der Waals surface area contributed by atoms with Gasteiger partial charge in [0, 0.05) is 25.0 Å². The second kappa shape index (κ2) is 9.23. The van der Waals surface area contributed by atoms with Gasteiger partial charge in [0.2, 0.25) is 5.89 Å². The van der Waals surface area contributed by atoms with Gasteiger partial charge in [-0.2, -0.15) is 8.78 Å². The summed E-state index contributed by atoms with van der Waals surface area (Å²) in [6, 6.07) is 13.3. The molecule has 7 nitrogen and oxygen atoms in total. The van der Waals surface area contributed by atoms with Crippen LogP contribution in [-0.2, 0) is 11.3 Å². The summed E-state index contributed by atoms with van der Waals surface area (Å²) in [6.07, 6.45) is -1.28. The predicted molar refractivity (Wildman–Crippen MR) is 110 cm³/mol. The summed E-state index contributed by atoms with van der Waals surface area (Å²) in [7, 11) is 0. The molecular formula is C20H19F2N5O2S. The molecule has 0 atom stereocenters. The maximum absolute atomic E-state index is 12.7. The highest BCUT2D eigenvalue weighted by Crippen LogP contribution is 2.24. The molecule has 1 aliphatic heterocycles. The Bertz CT molecular complexity index is 978. The van der Waals surface area contributed by atoms with Crippen LogP contribution in [0.1, 0.15) is 18.0 Å². The molecule has 0 bridgehead atoms. The number of para-hydroxylation sites is 1. The Labute approximate surface area is 177 Å². The molecule has 1 aliphatic rings. The van der Waals surface area contributed by atoms with Crippen LogP contribution in [0.25, 0.3) is 11.5 Å². The Hall–Kier alpha value is -2.98. The first-order valence-corrected chi connectivity index (χ1v) is 9.79. The van der Waals surface area contributed by atoms with Crippen LogP contribution < -0.4 is 4.90 Å². The lowest BCUT2D eigenvalue weighted by Gasteiger charge is -2.35. The molecule has 0 spiro atoms. The molecule has 0 aliphatic carbocycles. The highest BCUT2D eigenvalue weighted by molar-refractivity contribution is 7.80. The normalized spacial score (nSPS) is 14.2. The first-order chi connectivity index (χ1) is 14.6. The van der Waals surface area contributed by atoms with E-state index in [9.17, 15) is 8.78 Å². The molecule has 3 heterocycles. The fourth-order valence-corrected chi connectivity index (χ4v) is 3.40. The summed E-state index contributed by atoms with van der Waals surface area (Å²) in [5, 5.41) is 7.69. The second-order valence-electron chi connectivity index (χ2n) is 6.59. The molecular weight excluding hydrogens is 412 g/mol. The maximum Gasteiger partial charge on any atom is 0.314 e. The molecule has 1 fully saturated rings. The molecule has 0 saturated carbocycles. The van der Waals surface area contributed by atoms with E-state index >= 15 is 0 Å². The predicted octanol–water partition coefficient (Wildman–Crippen LogP) is 3.69. The van der Waals surface area contributed by atoms with Gasteiger partial charge < -0.3 is 19.0 Å². The van der Waals surface area contributed by atoms with Crippen molar-refractivity contribution in [2.24, 2.45) is 0 Å². The highest BCUT2D eigenvalue weighted by atomic mass is 32.1. The van der Waals surface area contributed by atoms with E-state index in [0.29, 0.717) is 30.4 Å². The number of nitrogens with zero attached hydrogens (tertiary/aromatic N) is 5. The molecule has 0 unspecified atom stereocenters. The summed E-state index contributed by atoms with van der Waals surface area (Å²) >= 11 is 5.77. The van der Waals surface area contributed by atoms with Gasteiger partial charge in [0.25, 0.3) is 5.89 Å². The molecule has 156 valence electrons. The quantitative estimate of drug-likeness (QED) is 0.567. The first kappa shape index (κ1) is 20.3. The zero-order valence-corrected chi connectivity index (χ0v) is 16.8. The lowest BCUT2D eigenvalue weighted by atomic mass is 10.2. The van der Waals surface area contributed by atoms with Crippen molar-refractivity contribution in [3.63, 3.8) is 0 Å². The summed E-state index contributed by atoms with van der Waals surface area (Å²) in [6.45, 7) is 3.20. The van der Waals surface area contributed by atoms with Gasteiger partial charge >= 0.3 is 6.43 Å². The number of aromatic nitrogens is 3. The molecule has 0 N–H and O–H groups in total. The third-order valence-corrected chi connectivity index (χ3v) is 5.08. The molecule has 1 saturated heterocycles. The number of halogens is 2. The van der Waals surface area contributed by atoms with Gasteiger partial charge in [-0.05, 0) is 36.5 Å². The van der Waals surface area contributed by atoms with E-state index in [1.165, 1.54) is 6.20 Å². The van der Waals surface area contributed by atoms with Gasteiger partial charge in [-0.25, -0.2) is 0 Å². The zero-order valence-electron chi connectivity index (χ0n) is 15.9. The van der Waals surface area contributed by atoms with E-state index in [4.69, 9.17) is 21.4 Å². The molecule has 30 heavy (non-hydrogen) atoms. The van der Waals surface area contributed by atoms with Crippen LogP contribution in [0, 0.1) is 0 Å². The molecule has 3 aromatic rings. The van der Waals surface area contributed by atoms with Crippen molar-refractivity contribution in [3.05, 3.63) is 60.2 Å². The molecule has 2 aromatic heterocycles. The van der Waals surface area contributed by atoms with Gasteiger partial charge in [0.05, 0.1) is 31.0 Å². The summed E-state index contributed by atoms with van der Waals surface area (Å²) < 4.78 is 35.7. The summed E-state index contributed by atoms with van der Waals surface area (Å²) in [5.74, 6) is -0.701. The van der Waals surface area contributed by atoms with Crippen LogP contribution in [0.2, 0.25) is 0 Å². The van der Waals surface area contributed by atoms with Gasteiger partial charge in [-0.1, -0.05) is 18.2 Å². The Morgan fingerprint density at radius 3 is 2.50 bits per heavy atom. The standard InChI is InChI=1S/C20H19F2N5O2S/c21-17(22)19-25-24-18(29-19)14-6-7-15(23-12-14)13-27(16-4-2-1-3-5-16)20(30)26-8-10-28-11-9-26/h1-7,12,17H,8-11,13H2. The monoisotopic (exact) mass is 431 g/mol. The van der Waals surface area contributed by atoms with Crippen molar-refractivity contribution in [1.82, 2.24) is 20.1 Å². The minimum atomic E-state index is -2.81. The van der Waals surface area contributed by atoms with Crippen molar-refractivity contribution < 1.29 is 17.9 Å². The van der Waals surface area contributed by atoms with Crippen molar-refractivity contribution in [1.29, 1.82) is 0 Å². The fourth-order valence-electron chi connectivity index (χ4n) is 3.05. The third-order valence-electron chi connectivity index (χ3n) is 4.60. The van der Waals surface area contributed by atoms with E-state index in [1.54, 1.807) is 12.1 Å². The smallest absolute Gasteiger partial charge is 0.314 e. The molecule has 10 heteroatoms. The number of pyridine rings is 1. The minimum Gasteiger partial charge on any atom is -0.415 e. The Kier molecular flexibility index (Phi) is 6.24. The first-order valence-electron chi connectivity index (χ1n) is 9.38. The number of thiocarbonyl (C=S) groups is 1. The molecule has 0 radical (unpaired) electrons. The number of anilines is 1. The lowest BCUT2D eigenvalue weighted by Crippen LogP contribution is -2.48. The second-order valence-corrected chi connectivity index (χ2v) is 6.95. The Balaban J connectivity index is 1.54. The zero-order chi connectivity index (χ0) is 20.9. The highest BCUT2D eigenvalue weighted by Gasteiger charge is 2.22. The Morgan fingerprint density at radius 2 is 1.87 bits per heavy atom. The van der Waals surface area contributed by atoms with Crippen LogP contribution in [-0.4, -0.2) is 51.5 Å². The number of hydrogen-bond donors (Lipinski definition) is 0. The minimum absolute atomic E-state index is 0.00750. The number of benzene rings is 1. The van der Waals surface area contributed by atoms with Crippen LogP contribution in [0.5, 0.6) is 0 Å². The summed E-state index contributed by atoms with van der Waals surface area (Å²) in [5.41, 5.74) is 2.19. The average Bonchev–Trinajstić information content (AvgIpc) is 3.29. The van der Waals surface area contributed by atoms with Crippen LogP contribution in [0.15, 0.2) is 53.1 Å². The Morgan fingerprint density at radius 1 is 1.10 bits per heavy atom. The van der Waals surface area contributed by atoms with Gasteiger partial charge in [0.15, 0.2) is 5.11 Å². The SMILES string of the molecule is FC(F)c1nnc(-c2ccc(CN(C(=S)N3CCOCC3)c3ccccc3)nc2)o1. The van der Waals surface area contributed by atoms with Crippen molar-refractivity contribution >= 4 is 23.0 Å². The largest absolute Gasteiger partial charge is 0.415 e. The number of hydrogen-bond acceptors (Lipinski definition) is 6. The van der Waals surface area contributed by atoms with E-state index in [0.717, 1.165) is 24.5 Å². The number of rotatable bonds is 5. The van der Waals surface area contributed by atoms with Crippen LogP contribution in [0.3, 0.4) is 0 Å². The lowest BCUT2D eigenvalue weighted by molar-refractivity contribution is 0.0683. The number of ether oxygens (including phenoxy) is 1. The molecule has 4 rings (SSSR count). The van der Waals surface area contributed by atoms with E-state index < -0.39 is 12.3 Å². The number of alkyl halides is 2. The van der Waals surface area contributed by atoms with Crippen LogP contribution in [0.4, 0.5) is 14.5 Å². The van der Waals surface area contributed by atoms with E-state index in [1.807, 2.05) is 35.2 Å². The van der Waals surface area contributed by atoms with E-state index in [-0.39, 0.29) is 5.89 Å². The molecule has 1 aromatic carbocycles. The fraction of sp³-hybridized carbons (Fsp3) is 0.300. The van der Waals surface area contributed by atoms with E-state index in [2.05, 4.69) is 20.1 Å². The molecule has 0 amide bonds. The topological polar surface area (TPSA) is 67.5 Å². The van der Waals surface area contributed by atoms with Crippen LogP contribution >= 0.6 is 12.2 Å². The third kappa shape index (κ3) is 4.60.